The Morgan fingerprint density at radius 2 is 1.75 bits per heavy atom. The van der Waals surface area contributed by atoms with E-state index in [1.807, 2.05) is 29.3 Å². The van der Waals surface area contributed by atoms with Gasteiger partial charge >= 0.3 is 0 Å². The Labute approximate surface area is 212 Å². The van der Waals surface area contributed by atoms with Crippen molar-refractivity contribution in [2.24, 2.45) is 0 Å². The van der Waals surface area contributed by atoms with Gasteiger partial charge in [0, 0.05) is 37.0 Å². The lowest BCUT2D eigenvalue weighted by atomic mass is 9.97. The van der Waals surface area contributed by atoms with Gasteiger partial charge in [-0.1, -0.05) is 11.6 Å². The second-order valence-corrected chi connectivity index (χ2v) is 11.9. The van der Waals surface area contributed by atoms with Crippen LogP contribution >= 0.6 is 0 Å². The monoisotopic (exact) mass is 510 g/mol. The summed E-state index contributed by atoms with van der Waals surface area (Å²) in [4.78, 5) is 22.9. The first-order valence-corrected chi connectivity index (χ1v) is 14.5. The van der Waals surface area contributed by atoms with Gasteiger partial charge in [-0.3, -0.25) is 9.52 Å². The summed E-state index contributed by atoms with van der Waals surface area (Å²) >= 11 is 0. The Morgan fingerprint density at radius 1 is 1.03 bits per heavy atom. The van der Waals surface area contributed by atoms with Crippen LogP contribution in [-0.2, 0) is 10.0 Å². The van der Waals surface area contributed by atoms with Crippen molar-refractivity contribution < 1.29 is 13.2 Å². The number of aryl methyl sites for hydroxylation is 2. The van der Waals surface area contributed by atoms with Crippen LogP contribution in [0.1, 0.15) is 71.0 Å². The van der Waals surface area contributed by atoms with Gasteiger partial charge in [-0.05, 0) is 65.0 Å². The van der Waals surface area contributed by atoms with Gasteiger partial charge in [0.15, 0.2) is 5.65 Å². The van der Waals surface area contributed by atoms with E-state index >= 15 is 0 Å². The zero-order valence-corrected chi connectivity index (χ0v) is 22.2. The summed E-state index contributed by atoms with van der Waals surface area (Å²) in [6.45, 7) is 8.63. The number of nitrogens with zero attached hydrogens (tertiary/aromatic N) is 5. The predicted octanol–water partition coefficient (Wildman–Crippen LogP) is 3.99. The zero-order chi connectivity index (χ0) is 25.6. The average Bonchev–Trinajstić information content (AvgIpc) is 3.50. The summed E-state index contributed by atoms with van der Waals surface area (Å²) in [7, 11) is -3.53. The summed E-state index contributed by atoms with van der Waals surface area (Å²) in [6, 6.07) is 7.02. The molecule has 36 heavy (non-hydrogen) atoms. The van der Waals surface area contributed by atoms with Crippen molar-refractivity contribution >= 4 is 33.1 Å². The maximum atomic E-state index is 13.9. The minimum atomic E-state index is -3.53. The molecule has 1 N–H and O–H groups in total. The van der Waals surface area contributed by atoms with Crippen LogP contribution in [0.25, 0.3) is 5.65 Å². The molecule has 9 nitrogen and oxygen atoms in total. The average molecular weight is 511 g/mol. The predicted molar refractivity (Wildman–Crippen MR) is 141 cm³/mol. The van der Waals surface area contributed by atoms with Crippen molar-refractivity contribution in [2.75, 3.05) is 35.5 Å². The van der Waals surface area contributed by atoms with Gasteiger partial charge in [-0.15, -0.1) is 0 Å². The normalized spacial score (nSPS) is 18.7. The number of benzene rings is 1. The van der Waals surface area contributed by atoms with Crippen molar-refractivity contribution in [1.29, 1.82) is 0 Å². The number of amides is 1. The molecule has 3 aromatic rings. The molecule has 1 amide bonds. The molecule has 1 aromatic carbocycles. The van der Waals surface area contributed by atoms with E-state index in [4.69, 9.17) is 10.1 Å². The number of carbonyl (C=O) groups is 1. The first-order chi connectivity index (χ1) is 17.1. The van der Waals surface area contributed by atoms with Crippen LogP contribution in [0, 0.1) is 20.8 Å². The van der Waals surface area contributed by atoms with E-state index in [1.165, 1.54) is 12.8 Å². The van der Waals surface area contributed by atoms with Gasteiger partial charge in [0.05, 0.1) is 29.2 Å². The number of carbonyl (C=O) groups excluding carboxylic acids is 1. The third-order valence-electron chi connectivity index (χ3n) is 7.28. The molecule has 0 bridgehead atoms. The third-order valence-corrected chi connectivity index (χ3v) is 7.87. The van der Waals surface area contributed by atoms with Crippen molar-refractivity contribution in [3.63, 3.8) is 0 Å². The summed E-state index contributed by atoms with van der Waals surface area (Å²) in [5, 5.41) is 5.02. The Kier molecular flexibility index (Phi) is 6.40. The van der Waals surface area contributed by atoms with E-state index in [0.29, 0.717) is 17.8 Å². The molecule has 2 aliphatic rings. The van der Waals surface area contributed by atoms with E-state index in [2.05, 4.69) is 16.5 Å². The summed E-state index contributed by atoms with van der Waals surface area (Å²) in [6.07, 6.45) is 6.12. The molecule has 2 saturated heterocycles. The van der Waals surface area contributed by atoms with Crippen LogP contribution in [0.3, 0.4) is 0 Å². The van der Waals surface area contributed by atoms with Gasteiger partial charge in [0.1, 0.15) is 5.82 Å². The number of hydrogen-bond acceptors (Lipinski definition) is 6. The molecular weight excluding hydrogens is 476 g/mol. The lowest BCUT2D eigenvalue weighted by Crippen LogP contribution is -2.39. The Morgan fingerprint density at radius 3 is 2.47 bits per heavy atom. The number of likely N-dealkylation sites (tertiary alicyclic amines) is 1. The van der Waals surface area contributed by atoms with Gasteiger partial charge in [-0.2, -0.15) is 9.61 Å². The highest BCUT2D eigenvalue weighted by atomic mass is 32.2. The van der Waals surface area contributed by atoms with Gasteiger partial charge in [-0.25, -0.2) is 13.4 Å². The highest BCUT2D eigenvalue weighted by Crippen LogP contribution is 2.35. The number of aromatic nitrogens is 3. The second kappa shape index (κ2) is 9.38. The van der Waals surface area contributed by atoms with E-state index < -0.39 is 10.0 Å². The van der Waals surface area contributed by atoms with E-state index in [9.17, 15) is 13.2 Å². The summed E-state index contributed by atoms with van der Waals surface area (Å²) in [5.74, 6) is 0.903. The molecule has 10 heteroatoms. The smallest absolute Gasteiger partial charge is 0.256 e. The van der Waals surface area contributed by atoms with Crippen LogP contribution in [0.2, 0.25) is 0 Å². The number of rotatable bonds is 5. The molecular formula is C26H34N6O3S. The molecule has 0 unspecified atom stereocenters. The summed E-state index contributed by atoms with van der Waals surface area (Å²) in [5.41, 5.74) is 5.30. The van der Waals surface area contributed by atoms with Crippen LogP contribution in [0.5, 0.6) is 0 Å². The zero-order valence-electron chi connectivity index (χ0n) is 21.4. The van der Waals surface area contributed by atoms with E-state index in [-0.39, 0.29) is 11.9 Å². The molecule has 0 aliphatic carbocycles. The topological polar surface area (TPSA) is 99.9 Å². The van der Waals surface area contributed by atoms with E-state index in [0.717, 1.165) is 72.6 Å². The number of fused-ring (bicyclic) bond motifs is 1. The van der Waals surface area contributed by atoms with Gasteiger partial charge in [0.25, 0.3) is 5.91 Å². The highest BCUT2D eigenvalue weighted by molar-refractivity contribution is 7.92. The Bertz CT molecular complexity index is 1430. The molecule has 4 heterocycles. The first-order valence-electron chi connectivity index (χ1n) is 12.6. The molecule has 0 spiro atoms. The molecule has 2 aliphatic heterocycles. The fourth-order valence-corrected chi connectivity index (χ4v) is 6.00. The standard InChI is InChI=1S/C26H34N6O3S/c1-17-10-11-21(29-36(4,34)35)20(15-17)26(33)31-14-6-5-9-23(31)22-16-24-27-19(3)18(2)25(32(24)28-22)30-12-7-8-13-30/h10-11,15-16,23,29H,5-9,12-14H2,1-4H3/t23-/m0/s1. The van der Waals surface area contributed by atoms with Crippen LogP contribution in [-0.4, -0.2) is 59.7 Å². The molecule has 5 rings (SSSR count). The number of piperidine rings is 1. The largest absolute Gasteiger partial charge is 0.356 e. The third kappa shape index (κ3) is 4.66. The minimum Gasteiger partial charge on any atom is -0.356 e. The fourth-order valence-electron chi connectivity index (χ4n) is 5.42. The molecule has 1 atom stereocenters. The molecule has 2 fully saturated rings. The number of nitrogens with one attached hydrogen (secondary N) is 1. The van der Waals surface area contributed by atoms with Gasteiger partial charge in [0.2, 0.25) is 10.0 Å². The highest BCUT2D eigenvalue weighted by Gasteiger charge is 2.33. The second-order valence-electron chi connectivity index (χ2n) is 10.1. The van der Waals surface area contributed by atoms with Crippen molar-refractivity contribution in [3.05, 3.63) is 52.3 Å². The van der Waals surface area contributed by atoms with E-state index in [1.54, 1.807) is 18.2 Å². The SMILES string of the molecule is Cc1ccc(NS(C)(=O)=O)c(C(=O)N2CCCC[C@H]2c2cc3nc(C)c(C)c(N4CCCC4)n3n2)c1. The molecule has 0 saturated carbocycles. The lowest BCUT2D eigenvalue weighted by molar-refractivity contribution is 0.0606. The van der Waals surface area contributed by atoms with Crippen LogP contribution in [0.4, 0.5) is 11.5 Å². The maximum absolute atomic E-state index is 13.9. The molecule has 0 radical (unpaired) electrons. The van der Waals surface area contributed by atoms with Crippen molar-refractivity contribution in [1.82, 2.24) is 19.5 Å². The first kappa shape index (κ1) is 24.5. The lowest BCUT2D eigenvalue weighted by Gasteiger charge is -2.35. The minimum absolute atomic E-state index is 0.188. The number of sulfonamides is 1. The van der Waals surface area contributed by atoms with Crippen LogP contribution < -0.4 is 9.62 Å². The fraction of sp³-hybridized carbons (Fsp3) is 0.500. The Hall–Kier alpha value is -3.14. The number of anilines is 2. The molecule has 192 valence electrons. The maximum Gasteiger partial charge on any atom is 0.256 e. The summed E-state index contributed by atoms with van der Waals surface area (Å²) < 4.78 is 28.4. The molecule has 2 aromatic heterocycles. The van der Waals surface area contributed by atoms with Crippen molar-refractivity contribution in [3.8, 4) is 0 Å². The Balaban J connectivity index is 1.55. The van der Waals surface area contributed by atoms with Crippen molar-refractivity contribution in [2.45, 2.75) is 58.9 Å². The quantitative estimate of drug-likeness (QED) is 0.557. The van der Waals surface area contributed by atoms with Gasteiger partial charge < -0.3 is 9.80 Å². The van der Waals surface area contributed by atoms with Crippen LogP contribution in [0.15, 0.2) is 24.3 Å². The number of hydrogen-bond donors (Lipinski definition) is 1.